The van der Waals surface area contributed by atoms with E-state index in [9.17, 15) is 14.0 Å². The number of carbonyl (C=O) groups excluding carboxylic acids is 2. The summed E-state index contributed by atoms with van der Waals surface area (Å²) < 4.78 is 13.2. The average Bonchev–Trinajstić information content (AvgIpc) is 2.68. The Kier molecular flexibility index (Phi) is 8.09. The first-order valence-electron chi connectivity index (χ1n) is 9.50. The van der Waals surface area contributed by atoms with Crippen LogP contribution in [-0.4, -0.2) is 35.9 Å². The molecule has 0 fully saturated rings. The zero-order valence-corrected chi connectivity index (χ0v) is 16.9. The highest BCUT2D eigenvalue weighted by atomic mass is 19.1. The first kappa shape index (κ1) is 22.3. The summed E-state index contributed by atoms with van der Waals surface area (Å²) in [5.41, 5.74) is 7.10. The fourth-order valence-electron chi connectivity index (χ4n) is 2.95. The van der Waals surface area contributed by atoms with Gasteiger partial charge in [-0.15, -0.1) is 0 Å². The molecule has 0 aliphatic rings. The molecule has 8 heteroatoms. The third-order valence-corrected chi connectivity index (χ3v) is 4.56. The van der Waals surface area contributed by atoms with Crippen LogP contribution in [0.25, 0.3) is 0 Å². The summed E-state index contributed by atoms with van der Waals surface area (Å²) >= 11 is 0. The third kappa shape index (κ3) is 6.83. The summed E-state index contributed by atoms with van der Waals surface area (Å²) in [6.45, 7) is 4.09. The Labute approximate surface area is 170 Å². The number of pyridine rings is 1. The number of nitrogens with zero attached hydrogens (tertiary/aromatic N) is 1. The molecule has 2 rings (SSSR count). The van der Waals surface area contributed by atoms with Gasteiger partial charge >= 0.3 is 0 Å². The Morgan fingerprint density at radius 3 is 2.28 bits per heavy atom. The summed E-state index contributed by atoms with van der Waals surface area (Å²) in [4.78, 5) is 29.4. The van der Waals surface area contributed by atoms with Crippen molar-refractivity contribution in [3.8, 4) is 0 Å². The number of halogens is 1. The number of amides is 2. The lowest BCUT2D eigenvalue weighted by Crippen LogP contribution is -2.54. The number of likely N-dealkylation sites (N-methyl/N-ethyl adjacent to an activating group) is 1. The maximum atomic E-state index is 13.2. The normalized spacial score (nSPS) is 13.0. The second-order valence-electron chi connectivity index (χ2n) is 7.21. The second kappa shape index (κ2) is 10.5. The van der Waals surface area contributed by atoms with E-state index in [4.69, 9.17) is 5.73 Å². The van der Waals surface area contributed by atoms with E-state index in [1.165, 1.54) is 12.1 Å². The second-order valence-corrected chi connectivity index (χ2v) is 7.21. The number of anilines is 1. The minimum absolute atomic E-state index is 0.0513. The summed E-state index contributed by atoms with van der Waals surface area (Å²) in [5, 5.41) is 8.59. The number of hydrogen-bond donors (Lipinski definition) is 4. The predicted molar refractivity (Wildman–Crippen MR) is 110 cm³/mol. The van der Waals surface area contributed by atoms with Crippen LogP contribution in [0.4, 0.5) is 10.2 Å². The highest BCUT2D eigenvalue weighted by Gasteiger charge is 2.26. The molecule has 7 nitrogen and oxygen atoms in total. The van der Waals surface area contributed by atoms with Gasteiger partial charge < -0.3 is 21.7 Å². The highest BCUT2D eigenvalue weighted by molar-refractivity contribution is 5.90. The van der Waals surface area contributed by atoms with Gasteiger partial charge in [-0.25, -0.2) is 9.37 Å². The minimum Gasteiger partial charge on any atom is -0.384 e. The van der Waals surface area contributed by atoms with Crippen molar-refractivity contribution in [3.63, 3.8) is 0 Å². The molecule has 0 aliphatic heterocycles. The van der Waals surface area contributed by atoms with Gasteiger partial charge in [-0.2, -0.15) is 0 Å². The standard InChI is InChI=1S/C21H28FN5O2/c1-13(2)19(24-3)21(29)27-17(10-14-4-7-16(22)8-5-14)20(28)26-12-15-6-9-18(23)25-11-15/h4-9,11,13,17,19,24H,10,12H2,1-3H3,(H2,23,25)(H,26,28)(H,27,29)/t17-,19+/m0/s1. The molecule has 0 saturated heterocycles. The van der Waals surface area contributed by atoms with Crippen LogP contribution in [0.2, 0.25) is 0 Å². The van der Waals surface area contributed by atoms with Gasteiger partial charge in [0.25, 0.3) is 0 Å². The molecule has 1 heterocycles. The fraction of sp³-hybridized carbons (Fsp3) is 0.381. The Morgan fingerprint density at radius 2 is 1.72 bits per heavy atom. The minimum atomic E-state index is -0.802. The molecule has 2 amide bonds. The zero-order chi connectivity index (χ0) is 21.4. The van der Waals surface area contributed by atoms with Crippen molar-refractivity contribution in [1.29, 1.82) is 0 Å². The Morgan fingerprint density at radius 1 is 1.07 bits per heavy atom. The van der Waals surface area contributed by atoms with Crippen LogP contribution in [0.5, 0.6) is 0 Å². The van der Waals surface area contributed by atoms with Gasteiger partial charge in [0.05, 0.1) is 6.04 Å². The average molecular weight is 401 g/mol. The SMILES string of the molecule is CN[C@@H](C(=O)N[C@@H](Cc1ccc(F)cc1)C(=O)NCc1ccc(N)nc1)C(C)C. The van der Waals surface area contributed by atoms with Gasteiger partial charge in [0.2, 0.25) is 11.8 Å². The van der Waals surface area contributed by atoms with Crippen molar-refractivity contribution < 1.29 is 14.0 Å². The molecule has 1 aromatic carbocycles. The first-order valence-corrected chi connectivity index (χ1v) is 9.50. The molecule has 29 heavy (non-hydrogen) atoms. The topological polar surface area (TPSA) is 109 Å². The maximum Gasteiger partial charge on any atom is 0.243 e. The third-order valence-electron chi connectivity index (χ3n) is 4.56. The number of carbonyl (C=O) groups is 2. The molecule has 2 aromatic rings. The molecule has 0 spiro atoms. The van der Waals surface area contributed by atoms with E-state index in [0.29, 0.717) is 5.82 Å². The van der Waals surface area contributed by atoms with E-state index >= 15 is 0 Å². The first-order chi connectivity index (χ1) is 13.8. The monoisotopic (exact) mass is 401 g/mol. The van der Waals surface area contributed by atoms with Gasteiger partial charge in [-0.1, -0.05) is 32.0 Å². The van der Waals surface area contributed by atoms with Crippen LogP contribution < -0.4 is 21.7 Å². The molecule has 5 N–H and O–H groups in total. The van der Waals surface area contributed by atoms with E-state index in [2.05, 4.69) is 20.9 Å². The van der Waals surface area contributed by atoms with Crippen molar-refractivity contribution in [3.05, 3.63) is 59.5 Å². The summed E-state index contributed by atoms with van der Waals surface area (Å²) in [7, 11) is 1.70. The van der Waals surface area contributed by atoms with Gasteiger partial charge in [0.1, 0.15) is 17.7 Å². The summed E-state index contributed by atoms with van der Waals surface area (Å²) in [6, 6.07) is 8.05. The van der Waals surface area contributed by atoms with Crippen LogP contribution in [0.1, 0.15) is 25.0 Å². The smallest absolute Gasteiger partial charge is 0.243 e. The van der Waals surface area contributed by atoms with Crippen molar-refractivity contribution in [2.75, 3.05) is 12.8 Å². The molecule has 0 saturated carbocycles. The van der Waals surface area contributed by atoms with Crippen molar-refractivity contribution >= 4 is 17.6 Å². The number of nitrogens with two attached hydrogens (primary N) is 1. The molecule has 0 unspecified atom stereocenters. The molecular weight excluding hydrogens is 373 g/mol. The maximum absolute atomic E-state index is 13.2. The Hall–Kier alpha value is -3.00. The van der Waals surface area contributed by atoms with E-state index in [1.807, 2.05) is 13.8 Å². The highest BCUT2D eigenvalue weighted by Crippen LogP contribution is 2.09. The van der Waals surface area contributed by atoms with Crippen LogP contribution in [-0.2, 0) is 22.6 Å². The lowest BCUT2D eigenvalue weighted by atomic mass is 10.0. The van der Waals surface area contributed by atoms with E-state index < -0.39 is 12.1 Å². The number of hydrogen-bond acceptors (Lipinski definition) is 5. The van der Waals surface area contributed by atoms with Crippen molar-refractivity contribution in [2.45, 2.75) is 38.9 Å². The molecule has 0 aliphatic carbocycles. The molecule has 1 aromatic heterocycles. The quantitative estimate of drug-likeness (QED) is 0.508. The number of nitrogen functional groups attached to an aromatic ring is 1. The van der Waals surface area contributed by atoms with E-state index in [-0.39, 0.29) is 36.5 Å². The Bertz CT molecular complexity index is 809. The fourth-order valence-corrected chi connectivity index (χ4v) is 2.95. The van der Waals surface area contributed by atoms with Crippen molar-refractivity contribution in [2.24, 2.45) is 5.92 Å². The van der Waals surface area contributed by atoms with Crippen LogP contribution >= 0.6 is 0 Å². The van der Waals surface area contributed by atoms with Crippen LogP contribution in [0.15, 0.2) is 42.6 Å². The van der Waals surface area contributed by atoms with E-state index in [1.54, 1.807) is 37.5 Å². The molecule has 156 valence electrons. The predicted octanol–water partition coefficient (Wildman–Crippen LogP) is 1.39. The van der Waals surface area contributed by atoms with Gasteiger partial charge in [0.15, 0.2) is 0 Å². The molecular formula is C21H28FN5O2. The van der Waals surface area contributed by atoms with Gasteiger partial charge in [-0.05, 0) is 42.3 Å². The lowest BCUT2D eigenvalue weighted by Gasteiger charge is -2.24. The molecule has 2 atom stereocenters. The van der Waals surface area contributed by atoms with Gasteiger partial charge in [0, 0.05) is 19.2 Å². The van der Waals surface area contributed by atoms with Crippen molar-refractivity contribution in [1.82, 2.24) is 20.9 Å². The molecule has 0 bridgehead atoms. The zero-order valence-electron chi connectivity index (χ0n) is 16.9. The summed E-state index contributed by atoms with van der Waals surface area (Å²) in [6.07, 6.45) is 1.82. The van der Waals surface area contributed by atoms with E-state index in [0.717, 1.165) is 11.1 Å². The molecule has 0 radical (unpaired) electrons. The number of nitrogens with one attached hydrogen (secondary N) is 3. The van der Waals surface area contributed by atoms with Crippen LogP contribution in [0, 0.1) is 11.7 Å². The lowest BCUT2D eigenvalue weighted by molar-refractivity contribution is -0.130. The van der Waals surface area contributed by atoms with Crippen LogP contribution in [0.3, 0.4) is 0 Å². The number of rotatable bonds is 9. The van der Waals surface area contributed by atoms with Gasteiger partial charge in [-0.3, -0.25) is 9.59 Å². The summed E-state index contributed by atoms with van der Waals surface area (Å²) in [5.74, 6) is -0.509. The number of aromatic nitrogens is 1. The largest absolute Gasteiger partial charge is 0.384 e. The Balaban J connectivity index is 2.11. The number of benzene rings is 1.